The largest absolute Gasteiger partial charge is 0.548 e. The minimum absolute atomic E-state index is 0.107. The Morgan fingerprint density at radius 1 is 1.36 bits per heavy atom. The van der Waals surface area contributed by atoms with Gasteiger partial charge in [0.15, 0.2) is 0 Å². The molecule has 4 heteroatoms. The Morgan fingerprint density at radius 2 is 1.93 bits per heavy atom. The number of carboxylic acid groups (broad SMARTS) is 1. The summed E-state index contributed by atoms with van der Waals surface area (Å²) in [6, 6.07) is -0.721. The molecule has 1 saturated heterocycles. The van der Waals surface area contributed by atoms with E-state index in [2.05, 4.69) is 0 Å². The van der Waals surface area contributed by atoms with E-state index < -0.39 is 17.4 Å². The highest BCUT2D eigenvalue weighted by Gasteiger charge is 2.35. The number of likely N-dealkylation sites (tertiary alicyclic amines) is 1. The summed E-state index contributed by atoms with van der Waals surface area (Å²) in [7, 11) is 0. The van der Waals surface area contributed by atoms with Gasteiger partial charge < -0.3 is 14.8 Å². The zero-order valence-electron chi connectivity index (χ0n) is 8.87. The average Bonchev–Trinajstić information content (AvgIpc) is 2.48. The van der Waals surface area contributed by atoms with E-state index in [9.17, 15) is 14.7 Å². The summed E-state index contributed by atoms with van der Waals surface area (Å²) in [6.07, 6.45) is 1.27. The molecule has 1 aliphatic rings. The molecule has 1 heterocycles. The fourth-order valence-electron chi connectivity index (χ4n) is 1.69. The van der Waals surface area contributed by atoms with Crippen LogP contribution in [0.4, 0.5) is 0 Å². The number of hydrogen-bond donors (Lipinski definition) is 0. The summed E-state index contributed by atoms with van der Waals surface area (Å²) in [5.41, 5.74) is -0.516. The first kappa shape index (κ1) is 11.0. The Balaban J connectivity index is 2.77. The number of aliphatic carboxylic acids is 1. The third-order valence-electron chi connectivity index (χ3n) is 2.43. The molecular formula is C10H16NO3-. The molecule has 0 aromatic rings. The number of carbonyl (C=O) groups is 2. The van der Waals surface area contributed by atoms with Crippen LogP contribution in [0.1, 0.15) is 33.6 Å². The fraction of sp³-hybridized carbons (Fsp3) is 0.800. The molecule has 80 valence electrons. The molecular weight excluding hydrogens is 182 g/mol. The summed E-state index contributed by atoms with van der Waals surface area (Å²) in [5, 5.41) is 10.7. The van der Waals surface area contributed by atoms with E-state index in [1.54, 1.807) is 20.8 Å². The van der Waals surface area contributed by atoms with Crippen molar-refractivity contribution in [1.29, 1.82) is 0 Å². The van der Waals surface area contributed by atoms with Crippen molar-refractivity contribution >= 4 is 11.9 Å². The summed E-state index contributed by atoms with van der Waals surface area (Å²) < 4.78 is 0. The van der Waals surface area contributed by atoms with Crippen LogP contribution >= 0.6 is 0 Å². The van der Waals surface area contributed by atoms with Crippen molar-refractivity contribution in [2.24, 2.45) is 5.41 Å². The van der Waals surface area contributed by atoms with Crippen molar-refractivity contribution in [2.75, 3.05) is 6.54 Å². The standard InChI is InChI=1S/C10H17NO3/c1-10(2,3)9(14)11-6-4-5-7(11)8(12)13/h7H,4-6H2,1-3H3,(H,12,13)/p-1/t7-/m0/s1. The highest BCUT2D eigenvalue weighted by Crippen LogP contribution is 2.24. The molecule has 0 aliphatic carbocycles. The average molecular weight is 198 g/mol. The normalized spacial score (nSPS) is 22.5. The molecule has 0 aromatic heterocycles. The van der Waals surface area contributed by atoms with Gasteiger partial charge in [0.1, 0.15) is 0 Å². The second-order valence-electron chi connectivity index (χ2n) is 4.73. The number of nitrogens with zero attached hydrogens (tertiary/aromatic N) is 1. The predicted octanol–water partition coefficient (Wildman–Crippen LogP) is -0.227. The molecule has 14 heavy (non-hydrogen) atoms. The van der Waals surface area contributed by atoms with Gasteiger partial charge in [0.05, 0.1) is 12.0 Å². The number of hydrogen-bond acceptors (Lipinski definition) is 3. The van der Waals surface area contributed by atoms with Crippen LogP contribution in [0.15, 0.2) is 0 Å². The Morgan fingerprint density at radius 3 is 2.36 bits per heavy atom. The smallest absolute Gasteiger partial charge is 0.228 e. The molecule has 0 bridgehead atoms. The zero-order chi connectivity index (χ0) is 10.9. The van der Waals surface area contributed by atoms with E-state index >= 15 is 0 Å². The maximum absolute atomic E-state index is 11.8. The topological polar surface area (TPSA) is 60.4 Å². The molecule has 0 unspecified atom stereocenters. The fourth-order valence-corrected chi connectivity index (χ4v) is 1.69. The zero-order valence-corrected chi connectivity index (χ0v) is 8.87. The molecule has 0 aromatic carbocycles. The van der Waals surface area contributed by atoms with Crippen molar-refractivity contribution in [2.45, 2.75) is 39.7 Å². The van der Waals surface area contributed by atoms with E-state index in [1.807, 2.05) is 0 Å². The van der Waals surface area contributed by atoms with Gasteiger partial charge in [-0.3, -0.25) is 4.79 Å². The van der Waals surface area contributed by atoms with Crippen LogP contribution in [-0.4, -0.2) is 29.4 Å². The molecule has 1 atom stereocenters. The highest BCUT2D eigenvalue weighted by molar-refractivity contribution is 5.86. The second kappa shape index (κ2) is 3.59. The van der Waals surface area contributed by atoms with Crippen LogP contribution in [0.2, 0.25) is 0 Å². The van der Waals surface area contributed by atoms with Crippen LogP contribution in [0.25, 0.3) is 0 Å². The van der Waals surface area contributed by atoms with E-state index in [-0.39, 0.29) is 5.91 Å². The van der Waals surface area contributed by atoms with Crippen molar-refractivity contribution in [3.8, 4) is 0 Å². The molecule has 0 saturated carbocycles. The summed E-state index contributed by atoms with van der Waals surface area (Å²) >= 11 is 0. The monoisotopic (exact) mass is 198 g/mol. The number of carbonyl (C=O) groups excluding carboxylic acids is 2. The van der Waals surface area contributed by atoms with Gasteiger partial charge in [0.2, 0.25) is 5.91 Å². The Bertz CT molecular complexity index is 255. The first-order valence-corrected chi connectivity index (χ1v) is 4.86. The van der Waals surface area contributed by atoms with Crippen molar-refractivity contribution < 1.29 is 14.7 Å². The lowest BCUT2D eigenvalue weighted by atomic mass is 9.94. The van der Waals surface area contributed by atoms with E-state index in [4.69, 9.17) is 0 Å². The molecule has 0 N–H and O–H groups in total. The van der Waals surface area contributed by atoms with Gasteiger partial charge in [-0.05, 0) is 12.8 Å². The SMILES string of the molecule is CC(C)(C)C(=O)N1CCC[C@H]1C(=O)[O-]. The van der Waals surface area contributed by atoms with Gasteiger partial charge in [-0.15, -0.1) is 0 Å². The van der Waals surface area contributed by atoms with Crippen molar-refractivity contribution in [3.63, 3.8) is 0 Å². The molecule has 1 fully saturated rings. The number of rotatable bonds is 1. The highest BCUT2D eigenvalue weighted by atomic mass is 16.4. The minimum Gasteiger partial charge on any atom is -0.548 e. The van der Waals surface area contributed by atoms with E-state index in [0.717, 1.165) is 6.42 Å². The molecule has 1 rings (SSSR count). The number of carboxylic acids is 1. The molecule has 0 radical (unpaired) electrons. The first-order chi connectivity index (χ1) is 6.34. The van der Waals surface area contributed by atoms with Crippen LogP contribution < -0.4 is 5.11 Å². The lowest BCUT2D eigenvalue weighted by Crippen LogP contribution is -2.50. The van der Waals surface area contributed by atoms with Gasteiger partial charge in [-0.1, -0.05) is 20.8 Å². The van der Waals surface area contributed by atoms with E-state index in [0.29, 0.717) is 13.0 Å². The van der Waals surface area contributed by atoms with Gasteiger partial charge in [-0.25, -0.2) is 0 Å². The van der Waals surface area contributed by atoms with Gasteiger partial charge in [0.25, 0.3) is 0 Å². The van der Waals surface area contributed by atoms with Gasteiger partial charge in [-0.2, -0.15) is 0 Å². The first-order valence-electron chi connectivity index (χ1n) is 4.86. The lowest BCUT2D eigenvalue weighted by molar-refractivity contribution is -0.310. The minimum atomic E-state index is -1.14. The van der Waals surface area contributed by atoms with E-state index in [1.165, 1.54) is 4.90 Å². The lowest BCUT2D eigenvalue weighted by Gasteiger charge is -2.31. The third-order valence-corrected chi connectivity index (χ3v) is 2.43. The van der Waals surface area contributed by atoms with Crippen LogP contribution in [0, 0.1) is 5.41 Å². The summed E-state index contributed by atoms with van der Waals surface area (Å²) in [6.45, 7) is 5.91. The quantitative estimate of drug-likeness (QED) is 0.585. The van der Waals surface area contributed by atoms with Crippen molar-refractivity contribution in [3.05, 3.63) is 0 Å². The molecule has 4 nitrogen and oxygen atoms in total. The van der Waals surface area contributed by atoms with Crippen molar-refractivity contribution in [1.82, 2.24) is 4.90 Å². The molecule has 1 amide bonds. The molecule has 1 aliphatic heterocycles. The Hall–Kier alpha value is -1.06. The summed E-state index contributed by atoms with van der Waals surface area (Å²) in [5.74, 6) is -1.25. The van der Waals surface area contributed by atoms with Crippen LogP contribution in [-0.2, 0) is 9.59 Å². The molecule has 0 spiro atoms. The van der Waals surface area contributed by atoms with Gasteiger partial charge in [0, 0.05) is 12.0 Å². The number of amides is 1. The van der Waals surface area contributed by atoms with Crippen LogP contribution in [0.5, 0.6) is 0 Å². The predicted molar refractivity (Wildman–Crippen MR) is 49.2 cm³/mol. The second-order valence-corrected chi connectivity index (χ2v) is 4.73. The Labute approximate surface area is 83.9 Å². The Kier molecular flexibility index (Phi) is 2.83. The van der Waals surface area contributed by atoms with Gasteiger partial charge >= 0.3 is 0 Å². The van der Waals surface area contributed by atoms with Crippen LogP contribution in [0.3, 0.4) is 0 Å². The maximum Gasteiger partial charge on any atom is 0.228 e. The maximum atomic E-state index is 11.8. The summed E-state index contributed by atoms with van der Waals surface area (Å²) in [4.78, 5) is 24.0. The third kappa shape index (κ3) is 2.05.